The Bertz CT molecular complexity index is 757. The third kappa shape index (κ3) is 4.58. The highest BCUT2D eigenvalue weighted by atomic mass is 16.5. The highest BCUT2D eigenvalue weighted by molar-refractivity contribution is 6.08. The molecule has 1 aliphatic heterocycles. The number of hydrogen-bond donors (Lipinski definition) is 1. The lowest BCUT2D eigenvalue weighted by molar-refractivity contribution is -0.162. The first-order valence-corrected chi connectivity index (χ1v) is 10.0. The van der Waals surface area contributed by atoms with Crippen LogP contribution in [0.15, 0.2) is 30.3 Å². The van der Waals surface area contributed by atoms with Crippen LogP contribution >= 0.6 is 0 Å². The van der Waals surface area contributed by atoms with Gasteiger partial charge in [-0.3, -0.25) is 19.3 Å². The molecule has 8 heteroatoms. The van der Waals surface area contributed by atoms with Crippen LogP contribution in [0.1, 0.15) is 52.2 Å². The average molecular weight is 403 g/mol. The Morgan fingerprint density at radius 2 is 1.66 bits per heavy atom. The fourth-order valence-corrected chi connectivity index (χ4v) is 3.44. The first kappa shape index (κ1) is 22.4. The molecule has 1 N–H and O–H groups in total. The van der Waals surface area contributed by atoms with Crippen molar-refractivity contribution in [2.75, 3.05) is 19.6 Å². The number of amides is 4. The second kappa shape index (κ2) is 9.54. The number of carbonyl (C=O) groups is 4. The summed E-state index contributed by atoms with van der Waals surface area (Å²) in [6.07, 6.45) is -0.286. The van der Waals surface area contributed by atoms with Gasteiger partial charge in [-0.1, -0.05) is 44.2 Å². The number of carbonyl (C=O) groups excluding carboxylic acids is 4. The van der Waals surface area contributed by atoms with Crippen molar-refractivity contribution in [1.82, 2.24) is 15.1 Å². The molecule has 29 heavy (non-hydrogen) atoms. The van der Waals surface area contributed by atoms with Gasteiger partial charge in [0.1, 0.15) is 12.1 Å². The van der Waals surface area contributed by atoms with Crippen LogP contribution in [0.5, 0.6) is 0 Å². The summed E-state index contributed by atoms with van der Waals surface area (Å²) in [7, 11) is 0. The van der Waals surface area contributed by atoms with E-state index < -0.39 is 36.1 Å². The van der Waals surface area contributed by atoms with Gasteiger partial charge in [0.2, 0.25) is 6.10 Å². The molecule has 4 amide bonds. The highest BCUT2D eigenvalue weighted by Gasteiger charge is 2.49. The van der Waals surface area contributed by atoms with E-state index in [4.69, 9.17) is 4.74 Å². The fourth-order valence-electron chi connectivity index (χ4n) is 3.44. The largest absolute Gasteiger partial charge is 0.446 e. The monoisotopic (exact) mass is 403 g/mol. The van der Waals surface area contributed by atoms with E-state index in [0.717, 1.165) is 4.90 Å². The molecule has 1 fully saturated rings. The Kier molecular flexibility index (Phi) is 7.36. The molecule has 1 heterocycles. The molecule has 1 aromatic carbocycles. The van der Waals surface area contributed by atoms with Crippen molar-refractivity contribution in [2.45, 2.75) is 52.2 Å². The summed E-state index contributed by atoms with van der Waals surface area (Å²) in [4.78, 5) is 52.9. The summed E-state index contributed by atoms with van der Waals surface area (Å²) in [5, 5.41) is 2.67. The molecule has 0 aromatic heterocycles. The molecule has 1 atom stereocenters. The Labute approximate surface area is 171 Å². The Morgan fingerprint density at radius 1 is 1.07 bits per heavy atom. The van der Waals surface area contributed by atoms with Crippen molar-refractivity contribution in [2.24, 2.45) is 0 Å². The van der Waals surface area contributed by atoms with Crippen molar-refractivity contribution in [3.05, 3.63) is 35.9 Å². The topological polar surface area (TPSA) is 96.0 Å². The van der Waals surface area contributed by atoms with Gasteiger partial charge in [0.25, 0.3) is 11.8 Å². The van der Waals surface area contributed by atoms with Crippen molar-refractivity contribution in [3.63, 3.8) is 0 Å². The predicted octanol–water partition coefficient (Wildman–Crippen LogP) is 2.25. The standard InChI is InChI=1S/C21H29N3O5/c1-5-21(6-2)19(27)24(20(28)22-21)14-16(25)29-17(15-12-10-9-11-13-15)18(26)23(7-3)8-4/h9-13,17H,5-8,14H2,1-4H3,(H,22,28)/t17-/m0/s1. The van der Waals surface area contributed by atoms with Gasteiger partial charge in [-0.05, 0) is 26.7 Å². The third-order valence-corrected chi connectivity index (χ3v) is 5.39. The SMILES string of the molecule is CCN(CC)C(=O)[C@@H](OC(=O)CN1C(=O)NC(CC)(CC)C1=O)c1ccccc1. The van der Waals surface area contributed by atoms with Crippen LogP contribution in [-0.2, 0) is 19.1 Å². The summed E-state index contributed by atoms with van der Waals surface area (Å²) in [5.74, 6) is -1.61. The number of ether oxygens (including phenoxy) is 1. The maximum atomic E-state index is 12.9. The zero-order valence-electron chi connectivity index (χ0n) is 17.4. The molecular formula is C21H29N3O5. The second-order valence-corrected chi connectivity index (χ2v) is 6.90. The van der Waals surface area contributed by atoms with Gasteiger partial charge in [0.05, 0.1) is 0 Å². The first-order chi connectivity index (χ1) is 13.8. The lowest BCUT2D eigenvalue weighted by Gasteiger charge is -2.26. The van der Waals surface area contributed by atoms with E-state index in [-0.39, 0.29) is 5.91 Å². The van der Waals surface area contributed by atoms with Gasteiger partial charge in [-0.25, -0.2) is 4.79 Å². The van der Waals surface area contributed by atoms with Gasteiger partial charge in [0, 0.05) is 18.7 Å². The molecule has 1 saturated heterocycles. The van der Waals surface area contributed by atoms with E-state index in [2.05, 4.69) is 5.32 Å². The van der Waals surface area contributed by atoms with E-state index in [1.165, 1.54) is 0 Å². The van der Waals surface area contributed by atoms with E-state index >= 15 is 0 Å². The molecule has 0 spiro atoms. The normalized spacial score (nSPS) is 16.3. The van der Waals surface area contributed by atoms with E-state index in [1.54, 1.807) is 49.1 Å². The van der Waals surface area contributed by atoms with Crippen LogP contribution < -0.4 is 5.32 Å². The predicted molar refractivity (Wildman–Crippen MR) is 107 cm³/mol. The molecular weight excluding hydrogens is 374 g/mol. The van der Waals surface area contributed by atoms with Crippen LogP contribution in [0.25, 0.3) is 0 Å². The minimum Gasteiger partial charge on any atom is -0.446 e. The summed E-state index contributed by atoms with van der Waals surface area (Å²) in [6, 6.07) is 8.08. The summed E-state index contributed by atoms with van der Waals surface area (Å²) in [6.45, 7) is 7.69. The molecule has 1 aromatic rings. The van der Waals surface area contributed by atoms with Gasteiger partial charge >= 0.3 is 12.0 Å². The minimum absolute atomic E-state index is 0.344. The lowest BCUT2D eigenvalue weighted by atomic mass is 9.93. The average Bonchev–Trinajstić information content (AvgIpc) is 2.98. The second-order valence-electron chi connectivity index (χ2n) is 6.90. The van der Waals surface area contributed by atoms with Crippen molar-refractivity contribution >= 4 is 23.8 Å². The summed E-state index contributed by atoms with van der Waals surface area (Å²) >= 11 is 0. The number of rotatable bonds is 9. The number of nitrogens with zero attached hydrogens (tertiary/aromatic N) is 2. The van der Waals surface area contributed by atoms with Gasteiger partial charge in [-0.2, -0.15) is 0 Å². The summed E-state index contributed by atoms with van der Waals surface area (Å²) < 4.78 is 5.47. The Hall–Kier alpha value is -2.90. The van der Waals surface area contributed by atoms with Gasteiger partial charge < -0.3 is 15.0 Å². The summed E-state index contributed by atoms with van der Waals surface area (Å²) in [5.41, 5.74) is -0.459. The molecule has 8 nitrogen and oxygen atoms in total. The molecule has 1 aliphatic rings. The molecule has 0 aliphatic carbocycles. The van der Waals surface area contributed by atoms with Crippen LogP contribution in [-0.4, -0.2) is 58.8 Å². The van der Waals surface area contributed by atoms with Gasteiger partial charge in [-0.15, -0.1) is 0 Å². The Balaban J connectivity index is 2.19. The molecule has 0 bridgehead atoms. The van der Waals surface area contributed by atoms with Gasteiger partial charge in [0.15, 0.2) is 0 Å². The number of urea groups is 1. The zero-order chi connectivity index (χ0) is 21.6. The smallest absolute Gasteiger partial charge is 0.327 e. The maximum absolute atomic E-state index is 12.9. The van der Waals surface area contributed by atoms with E-state index in [1.807, 2.05) is 13.8 Å². The van der Waals surface area contributed by atoms with Crippen molar-refractivity contribution < 1.29 is 23.9 Å². The van der Waals surface area contributed by atoms with Crippen molar-refractivity contribution in [3.8, 4) is 0 Å². The molecule has 0 radical (unpaired) electrons. The maximum Gasteiger partial charge on any atom is 0.327 e. The number of esters is 1. The molecule has 0 unspecified atom stereocenters. The Morgan fingerprint density at radius 3 is 2.14 bits per heavy atom. The number of nitrogens with one attached hydrogen (secondary N) is 1. The quantitative estimate of drug-likeness (QED) is 0.504. The number of benzene rings is 1. The van der Waals surface area contributed by atoms with Crippen LogP contribution in [0.2, 0.25) is 0 Å². The van der Waals surface area contributed by atoms with E-state index in [9.17, 15) is 19.2 Å². The lowest BCUT2D eigenvalue weighted by Crippen LogP contribution is -2.46. The first-order valence-electron chi connectivity index (χ1n) is 10.0. The number of hydrogen-bond acceptors (Lipinski definition) is 5. The van der Waals surface area contributed by atoms with Crippen LogP contribution in [0.4, 0.5) is 4.79 Å². The number of likely N-dealkylation sites (N-methyl/N-ethyl adjacent to an activating group) is 1. The number of imide groups is 1. The molecule has 2 rings (SSSR count). The van der Waals surface area contributed by atoms with Crippen molar-refractivity contribution in [1.29, 1.82) is 0 Å². The molecule has 0 saturated carbocycles. The van der Waals surface area contributed by atoms with Crippen LogP contribution in [0.3, 0.4) is 0 Å². The highest BCUT2D eigenvalue weighted by Crippen LogP contribution is 2.26. The van der Waals surface area contributed by atoms with E-state index in [0.29, 0.717) is 31.5 Å². The molecule has 158 valence electrons. The third-order valence-electron chi connectivity index (χ3n) is 5.39. The van der Waals surface area contributed by atoms with Crippen LogP contribution in [0, 0.1) is 0 Å². The fraction of sp³-hybridized carbons (Fsp3) is 0.524. The zero-order valence-corrected chi connectivity index (χ0v) is 17.4. The minimum atomic E-state index is -1.13.